The van der Waals surface area contributed by atoms with Crippen molar-refractivity contribution in [3.63, 3.8) is 0 Å². The highest BCUT2D eigenvalue weighted by Gasteiger charge is 2.37. The topological polar surface area (TPSA) is 95.0 Å². The lowest BCUT2D eigenvalue weighted by Gasteiger charge is -2.40. The molecule has 2 saturated heterocycles. The zero-order chi connectivity index (χ0) is 25.8. The Labute approximate surface area is 219 Å². The Morgan fingerprint density at radius 3 is 2.37 bits per heavy atom. The Kier molecular flexibility index (Phi) is 5.50. The maximum atomic E-state index is 13.5. The number of hydrogen-bond acceptors (Lipinski definition) is 6. The summed E-state index contributed by atoms with van der Waals surface area (Å²) in [4.78, 5) is 34.7. The van der Waals surface area contributed by atoms with Crippen molar-refractivity contribution < 1.29 is 9.18 Å². The number of carbonyl (C=O) groups excluding carboxylic acids is 1. The van der Waals surface area contributed by atoms with Crippen molar-refractivity contribution in [3.8, 4) is 22.8 Å². The van der Waals surface area contributed by atoms with E-state index in [1.54, 1.807) is 18.5 Å². The van der Waals surface area contributed by atoms with Gasteiger partial charge in [-0.25, -0.2) is 19.3 Å². The maximum absolute atomic E-state index is 13.5. The number of aromatic amines is 1. The second-order valence-corrected chi connectivity index (χ2v) is 10.5. The summed E-state index contributed by atoms with van der Waals surface area (Å²) in [6.45, 7) is 2.02. The lowest BCUT2D eigenvalue weighted by molar-refractivity contribution is 0.102. The fourth-order valence-electron chi connectivity index (χ4n) is 5.76. The number of piperazine rings is 1. The molecule has 1 aromatic carbocycles. The van der Waals surface area contributed by atoms with Crippen LogP contribution in [0.2, 0.25) is 0 Å². The van der Waals surface area contributed by atoms with Crippen molar-refractivity contribution in [2.24, 2.45) is 0 Å². The Balaban J connectivity index is 1.09. The highest BCUT2D eigenvalue weighted by molar-refractivity contribution is 6.02. The SMILES string of the molecule is CN1C2CCC1CN(c1ccc(NC(=O)c3cnc(-c4c(-c5ccc(F)cc5)ncn4C4CC4)[nH]3)nc1)C2. The average molecular weight is 513 g/mol. The number of nitrogens with zero attached hydrogens (tertiary/aromatic N) is 6. The third-order valence-corrected chi connectivity index (χ3v) is 8.10. The summed E-state index contributed by atoms with van der Waals surface area (Å²) in [6, 6.07) is 11.7. The number of aromatic nitrogens is 5. The summed E-state index contributed by atoms with van der Waals surface area (Å²) in [5.41, 5.74) is 3.70. The normalized spacial score (nSPS) is 21.2. The van der Waals surface area contributed by atoms with Crippen LogP contribution in [0.1, 0.15) is 42.2 Å². The number of nitrogens with one attached hydrogen (secondary N) is 2. The molecular formula is C28H29FN8O. The molecule has 0 radical (unpaired) electrons. The minimum atomic E-state index is -0.317. The molecule has 1 aliphatic carbocycles. The molecule has 3 aliphatic rings. The largest absolute Gasteiger partial charge is 0.367 e. The second-order valence-electron chi connectivity index (χ2n) is 10.5. The van der Waals surface area contributed by atoms with Gasteiger partial charge in [0, 0.05) is 36.8 Å². The molecule has 3 aromatic heterocycles. The zero-order valence-corrected chi connectivity index (χ0v) is 21.1. The molecule has 0 spiro atoms. The van der Waals surface area contributed by atoms with E-state index in [0.717, 1.165) is 42.9 Å². The first kappa shape index (κ1) is 23.1. The molecule has 2 N–H and O–H groups in total. The smallest absolute Gasteiger partial charge is 0.274 e. The third kappa shape index (κ3) is 4.14. The van der Waals surface area contributed by atoms with Crippen molar-refractivity contribution in [1.82, 2.24) is 29.4 Å². The molecular weight excluding hydrogens is 483 g/mol. The first-order valence-corrected chi connectivity index (χ1v) is 13.2. The van der Waals surface area contributed by atoms with E-state index < -0.39 is 0 Å². The summed E-state index contributed by atoms with van der Waals surface area (Å²) in [6.07, 6.45) is 9.79. The summed E-state index contributed by atoms with van der Waals surface area (Å²) < 4.78 is 15.6. The van der Waals surface area contributed by atoms with Crippen LogP contribution < -0.4 is 10.2 Å². The van der Waals surface area contributed by atoms with E-state index in [0.29, 0.717) is 41.2 Å². The Morgan fingerprint density at radius 1 is 0.947 bits per heavy atom. The van der Waals surface area contributed by atoms with Crippen LogP contribution in [-0.2, 0) is 0 Å². The number of rotatable bonds is 6. The minimum Gasteiger partial charge on any atom is -0.367 e. The first-order valence-electron chi connectivity index (χ1n) is 13.2. The van der Waals surface area contributed by atoms with Crippen molar-refractivity contribution in [2.45, 2.75) is 43.8 Å². The quantitative estimate of drug-likeness (QED) is 0.399. The summed E-state index contributed by atoms with van der Waals surface area (Å²) in [5.74, 6) is 0.419. The predicted octanol–water partition coefficient (Wildman–Crippen LogP) is 4.34. The van der Waals surface area contributed by atoms with Crippen molar-refractivity contribution >= 4 is 17.4 Å². The molecule has 4 aromatic rings. The Bertz CT molecular complexity index is 1460. The van der Waals surface area contributed by atoms with Gasteiger partial charge >= 0.3 is 0 Å². The average Bonchev–Trinajstić information content (AvgIpc) is 3.43. The van der Waals surface area contributed by atoms with Gasteiger partial charge in [0.1, 0.15) is 23.0 Å². The van der Waals surface area contributed by atoms with E-state index in [4.69, 9.17) is 0 Å². The van der Waals surface area contributed by atoms with Gasteiger partial charge in [0.05, 0.1) is 30.1 Å². The summed E-state index contributed by atoms with van der Waals surface area (Å²) in [7, 11) is 2.22. The van der Waals surface area contributed by atoms with E-state index in [1.165, 1.54) is 31.2 Å². The molecule has 2 unspecified atom stereocenters. The number of benzene rings is 1. The monoisotopic (exact) mass is 512 g/mol. The van der Waals surface area contributed by atoms with Gasteiger partial charge in [-0.15, -0.1) is 0 Å². The molecule has 9 nitrogen and oxygen atoms in total. The number of pyridine rings is 1. The Hall–Kier alpha value is -4.05. The summed E-state index contributed by atoms with van der Waals surface area (Å²) >= 11 is 0. The fourth-order valence-corrected chi connectivity index (χ4v) is 5.76. The van der Waals surface area contributed by atoms with Crippen molar-refractivity contribution in [1.29, 1.82) is 0 Å². The van der Waals surface area contributed by atoms with Crippen LogP contribution in [0, 0.1) is 5.82 Å². The number of fused-ring (bicyclic) bond motifs is 2. The van der Waals surface area contributed by atoms with E-state index in [-0.39, 0.29) is 11.7 Å². The minimum absolute atomic E-state index is 0.300. The van der Waals surface area contributed by atoms with E-state index in [9.17, 15) is 9.18 Å². The van der Waals surface area contributed by atoms with Gasteiger partial charge in [0.2, 0.25) is 0 Å². The van der Waals surface area contributed by atoms with E-state index >= 15 is 0 Å². The van der Waals surface area contributed by atoms with Crippen molar-refractivity contribution in [2.75, 3.05) is 30.4 Å². The van der Waals surface area contributed by atoms with Crippen LogP contribution in [0.5, 0.6) is 0 Å². The van der Waals surface area contributed by atoms with E-state index in [1.807, 2.05) is 18.3 Å². The molecule has 5 heterocycles. The molecule has 10 heteroatoms. The number of hydrogen-bond donors (Lipinski definition) is 2. The van der Waals surface area contributed by atoms with Gasteiger partial charge in [-0.1, -0.05) is 0 Å². The van der Waals surface area contributed by atoms with Gasteiger partial charge in [-0.3, -0.25) is 9.69 Å². The molecule has 3 fully saturated rings. The lowest BCUT2D eigenvalue weighted by Crippen LogP contribution is -2.52. The van der Waals surface area contributed by atoms with Gasteiger partial charge in [-0.05, 0) is 69.1 Å². The molecule has 1 amide bonds. The fraction of sp³-hybridized carbons (Fsp3) is 0.357. The maximum Gasteiger partial charge on any atom is 0.274 e. The molecule has 38 heavy (non-hydrogen) atoms. The van der Waals surface area contributed by atoms with Gasteiger partial charge in [0.15, 0.2) is 5.82 Å². The van der Waals surface area contributed by atoms with E-state index in [2.05, 4.69) is 46.7 Å². The highest BCUT2D eigenvalue weighted by atomic mass is 19.1. The highest BCUT2D eigenvalue weighted by Crippen LogP contribution is 2.41. The van der Waals surface area contributed by atoms with Crippen LogP contribution in [0.25, 0.3) is 22.8 Å². The predicted molar refractivity (Wildman–Crippen MR) is 142 cm³/mol. The van der Waals surface area contributed by atoms with Crippen molar-refractivity contribution in [3.05, 3.63) is 66.6 Å². The van der Waals surface area contributed by atoms with Crippen LogP contribution in [-0.4, -0.2) is 67.5 Å². The standard InChI is InChI=1S/C28H29FN8O/c1-35-21-8-9-22(35)15-36(14-21)20-10-11-24(30-12-20)34-28(38)23-13-31-27(33-23)26-25(17-2-4-18(29)5-3-17)32-16-37(26)19-6-7-19/h2-5,10-13,16,19,21-22H,6-9,14-15H2,1H3,(H,31,33)(H,30,34,38). The van der Waals surface area contributed by atoms with Crippen LogP contribution >= 0.6 is 0 Å². The van der Waals surface area contributed by atoms with Gasteiger partial charge < -0.3 is 19.8 Å². The summed E-state index contributed by atoms with van der Waals surface area (Å²) in [5, 5.41) is 2.87. The Morgan fingerprint density at radius 2 is 1.68 bits per heavy atom. The van der Waals surface area contributed by atoms with Gasteiger partial charge in [0.25, 0.3) is 5.91 Å². The number of likely N-dealkylation sites (N-methyl/N-ethyl adjacent to an activating group) is 1. The first-order chi connectivity index (χ1) is 18.5. The molecule has 2 bridgehead atoms. The molecule has 194 valence electrons. The zero-order valence-electron chi connectivity index (χ0n) is 21.1. The molecule has 2 aliphatic heterocycles. The van der Waals surface area contributed by atoms with Crippen LogP contribution in [0.4, 0.5) is 15.9 Å². The number of amides is 1. The third-order valence-electron chi connectivity index (χ3n) is 8.10. The number of anilines is 2. The van der Waals surface area contributed by atoms with Crippen LogP contribution in [0.3, 0.4) is 0 Å². The molecule has 7 rings (SSSR count). The molecule has 1 saturated carbocycles. The second kappa shape index (κ2) is 9.05. The van der Waals surface area contributed by atoms with Crippen LogP contribution in [0.15, 0.2) is 55.1 Å². The number of halogens is 1. The number of H-pyrrole nitrogens is 1. The van der Waals surface area contributed by atoms with Gasteiger partial charge in [-0.2, -0.15) is 0 Å². The molecule has 2 atom stereocenters. The number of imidazole rings is 2. The lowest BCUT2D eigenvalue weighted by atomic mass is 10.1. The number of carbonyl (C=O) groups is 1.